The molecule has 1 N–H and O–H groups in total. The average molecular weight is 490 g/mol. The van der Waals surface area contributed by atoms with Crippen LogP contribution in [0, 0.1) is 0 Å². The molecule has 2 heterocycles. The third-order valence-electron chi connectivity index (χ3n) is 5.07. The molecule has 0 bridgehead atoms. The minimum absolute atomic E-state index is 0.144. The van der Waals surface area contributed by atoms with Crippen molar-refractivity contribution in [3.05, 3.63) is 40.5 Å². The Morgan fingerprint density at radius 3 is 2.55 bits per heavy atom. The minimum Gasteiger partial charge on any atom is -0.404 e. The van der Waals surface area contributed by atoms with Crippen LogP contribution in [0.1, 0.15) is 55.6 Å². The second-order valence-electron chi connectivity index (χ2n) is 8.76. The van der Waals surface area contributed by atoms with E-state index in [1.807, 2.05) is 26.8 Å². The molecule has 0 atom stereocenters. The van der Waals surface area contributed by atoms with Crippen molar-refractivity contribution in [2.24, 2.45) is 0 Å². The number of anilines is 1. The van der Waals surface area contributed by atoms with Gasteiger partial charge in [0.05, 0.1) is 22.9 Å². The Hall–Kier alpha value is -2.46. The van der Waals surface area contributed by atoms with Crippen LogP contribution in [0.3, 0.4) is 0 Å². The van der Waals surface area contributed by atoms with Gasteiger partial charge in [-0.25, -0.2) is 0 Å². The highest BCUT2D eigenvalue weighted by molar-refractivity contribution is 6.32. The predicted molar refractivity (Wildman–Crippen MR) is 117 cm³/mol. The van der Waals surface area contributed by atoms with Crippen LogP contribution in [0.4, 0.5) is 19.1 Å². The number of amides is 1. The summed E-state index contributed by atoms with van der Waals surface area (Å²) in [6.45, 7) is 8.06. The molecule has 11 heteroatoms. The summed E-state index contributed by atoms with van der Waals surface area (Å²) in [5.74, 6) is -0.128. The Labute approximate surface area is 195 Å². The zero-order chi connectivity index (χ0) is 24.2. The number of hydrogen-bond acceptors (Lipinski definition) is 6. The van der Waals surface area contributed by atoms with E-state index in [2.05, 4.69) is 15.2 Å². The fourth-order valence-electron chi connectivity index (χ4n) is 3.50. The van der Waals surface area contributed by atoms with E-state index >= 15 is 0 Å². The van der Waals surface area contributed by atoms with Gasteiger partial charge in [-0.15, -0.1) is 13.2 Å². The van der Waals surface area contributed by atoms with Crippen LogP contribution in [-0.2, 0) is 4.74 Å². The highest BCUT2D eigenvalue weighted by Crippen LogP contribution is 2.33. The standard InChI is InChI=1S/C22H27ClF3N3O4/c1-21(2,3)31-11-8-27-19-13-17(28-33-19)14-6-9-29(10-7-14)20(30)15-4-5-18(16(23)12-15)32-22(24,25)26/h4-5,12-14,27H,6-11H2,1-3H3. The molecule has 33 heavy (non-hydrogen) atoms. The van der Waals surface area contributed by atoms with E-state index in [0.29, 0.717) is 45.0 Å². The number of piperidine rings is 1. The summed E-state index contributed by atoms with van der Waals surface area (Å²) >= 11 is 5.86. The van der Waals surface area contributed by atoms with Gasteiger partial charge in [0.2, 0.25) is 5.88 Å². The van der Waals surface area contributed by atoms with Crippen LogP contribution in [0.5, 0.6) is 5.75 Å². The van der Waals surface area contributed by atoms with Crippen LogP contribution < -0.4 is 10.1 Å². The second-order valence-corrected chi connectivity index (χ2v) is 9.17. The fourth-order valence-corrected chi connectivity index (χ4v) is 3.72. The van der Waals surface area contributed by atoms with Crippen LogP contribution in [0.25, 0.3) is 0 Å². The molecular formula is C22H27ClF3N3O4. The Morgan fingerprint density at radius 1 is 1.24 bits per heavy atom. The van der Waals surface area contributed by atoms with Crippen LogP contribution >= 0.6 is 11.6 Å². The number of halogens is 4. The molecule has 0 unspecified atom stereocenters. The first-order valence-electron chi connectivity index (χ1n) is 10.6. The van der Waals surface area contributed by atoms with E-state index in [9.17, 15) is 18.0 Å². The summed E-state index contributed by atoms with van der Waals surface area (Å²) in [4.78, 5) is 14.4. The van der Waals surface area contributed by atoms with Crippen LogP contribution in [0.15, 0.2) is 28.8 Å². The number of alkyl halides is 3. The molecule has 0 aliphatic carbocycles. The van der Waals surface area contributed by atoms with Crippen LogP contribution in [0.2, 0.25) is 5.02 Å². The predicted octanol–water partition coefficient (Wildman–Crippen LogP) is 5.47. The van der Waals surface area contributed by atoms with Crippen molar-refractivity contribution in [2.45, 2.75) is 51.5 Å². The fraction of sp³-hybridized carbons (Fsp3) is 0.545. The van der Waals surface area contributed by atoms with Gasteiger partial charge < -0.3 is 24.2 Å². The van der Waals surface area contributed by atoms with Crippen LogP contribution in [-0.4, -0.2) is 54.2 Å². The van der Waals surface area contributed by atoms with E-state index < -0.39 is 12.1 Å². The van der Waals surface area contributed by atoms with E-state index in [1.165, 1.54) is 12.1 Å². The van der Waals surface area contributed by atoms with E-state index in [-0.39, 0.29) is 28.0 Å². The SMILES string of the molecule is CC(C)(C)OCCNc1cc(C2CCN(C(=O)c3ccc(OC(F)(F)F)c(Cl)c3)CC2)no1. The topological polar surface area (TPSA) is 76.8 Å². The molecular weight excluding hydrogens is 463 g/mol. The first kappa shape index (κ1) is 25.2. The molecule has 0 spiro atoms. The molecule has 3 rings (SSSR count). The molecule has 1 amide bonds. The molecule has 1 aromatic heterocycles. The number of aromatic nitrogens is 1. The summed E-state index contributed by atoms with van der Waals surface area (Å²) in [5, 5.41) is 7.00. The van der Waals surface area contributed by atoms with Gasteiger partial charge in [0.25, 0.3) is 5.91 Å². The molecule has 182 valence electrons. The molecule has 0 radical (unpaired) electrons. The van der Waals surface area contributed by atoms with Crippen molar-refractivity contribution < 1.29 is 32.0 Å². The first-order valence-corrected chi connectivity index (χ1v) is 11.0. The molecule has 0 saturated carbocycles. The highest BCUT2D eigenvalue weighted by atomic mass is 35.5. The summed E-state index contributed by atoms with van der Waals surface area (Å²) in [6, 6.07) is 5.38. The monoisotopic (exact) mass is 489 g/mol. The van der Waals surface area contributed by atoms with Gasteiger partial charge >= 0.3 is 6.36 Å². The van der Waals surface area contributed by atoms with Crippen molar-refractivity contribution in [3.8, 4) is 5.75 Å². The maximum Gasteiger partial charge on any atom is 0.573 e. The van der Waals surface area contributed by atoms with Gasteiger partial charge in [0.15, 0.2) is 0 Å². The minimum atomic E-state index is -4.85. The van der Waals surface area contributed by atoms with Crippen molar-refractivity contribution in [1.82, 2.24) is 10.1 Å². The summed E-state index contributed by atoms with van der Waals surface area (Å²) in [5.41, 5.74) is 0.820. The molecule has 1 fully saturated rings. The molecule has 1 saturated heterocycles. The summed E-state index contributed by atoms with van der Waals surface area (Å²) < 4.78 is 52.0. The molecule has 2 aromatic rings. The van der Waals surface area contributed by atoms with Gasteiger partial charge in [-0.3, -0.25) is 4.79 Å². The lowest BCUT2D eigenvalue weighted by molar-refractivity contribution is -0.274. The number of carbonyl (C=O) groups excluding carboxylic acids is 1. The lowest BCUT2D eigenvalue weighted by Gasteiger charge is -2.31. The lowest BCUT2D eigenvalue weighted by Crippen LogP contribution is -2.38. The number of carbonyl (C=O) groups is 1. The summed E-state index contributed by atoms with van der Waals surface area (Å²) in [7, 11) is 0. The molecule has 1 aliphatic heterocycles. The number of hydrogen-bond donors (Lipinski definition) is 1. The quantitative estimate of drug-likeness (QED) is 0.519. The zero-order valence-corrected chi connectivity index (χ0v) is 19.4. The third kappa shape index (κ3) is 7.53. The molecule has 1 aromatic carbocycles. The van der Waals surface area contributed by atoms with Crippen molar-refractivity contribution in [3.63, 3.8) is 0 Å². The Balaban J connectivity index is 1.50. The largest absolute Gasteiger partial charge is 0.573 e. The van der Waals surface area contributed by atoms with E-state index in [4.69, 9.17) is 20.9 Å². The van der Waals surface area contributed by atoms with Gasteiger partial charge in [0, 0.05) is 37.2 Å². The first-order chi connectivity index (χ1) is 15.4. The number of rotatable bonds is 7. The van der Waals surface area contributed by atoms with Gasteiger partial charge in [-0.05, 0) is 51.8 Å². The Bertz CT molecular complexity index is 951. The van der Waals surface area contributed by atoms with Gasteiger partial charge in [-0.1, -0.05) is 16.8 Å². The van der Waals surface area contributed by atoms with E-state index in [0.717, 1.165) is 11.8 Å². The zero-order valence-electron chi connectivity index (χ0n) is 18.7. The Kier molecular flexibility index (Phi) is 7.79. The lowest BCUT2D eigenvalue weighted by atomic mass is 9.93. The smallest absolute Gasteiger partial charge is 0.404 e. The normalized spacial score (nSPS) is 15.5. The third-order valence-corrected chi connectivity index (χ3v) is 5.37. The maximum atomic E-state index is 12.8. The average Bonchev–Trinajstić information content (AvgIpc) is 3.20. The maximum absolute atomic E-state index is 12.8. The second kappa shape index (κ2) is 10.2. The Morgan fingerprint density at radius 2 is 1.94 bits per heavy atom. The van der Waals surface area contributed by atoms with Crippen molar-refractivity contribution in [2.75, 3.05) is 31.6 Å². The highest BCUT2D eigenvalue weighted by Gasteiger charge is 2.32. The number of nitrogens with zero attached hydrogens (tertiary/aromatic N) is 2. The van der Waals surface area contributed by atoms with Gasteiger partial charge in [-0.2, -0.15) is 0 Å². The number of nitrogens with one attached hydrogen (secondary N) is 1. The summed E-state index contributed by atoms with van der Waals surface area (Å²) in [6.07, 6.45) is -3.48. The van der Waals surface area contributed by atoms with Crippen molar-refractivity contribution in [1.29, 1.82) is 0 Å². The van der Waals surface area contributed by atoms with Gasteiger partial charge in [0.1, 0.15) is 5.75 Å². The number of ether oxygens (including phenoxy) is 2. The van der Waals surface area contributed by atoms with E-state index in [1.54, 1.807) is 4.90 Å². The number of benzene rings is 1. The number of likely N-dealkylation sites (tertiary alicyclic amines) is 1. The molecule has 7 nitrogen and oxygen atoms in total. The molecule has 1 aliphatic rings. The van der Waals surface area contributed by atoms with Crippen molar-refractivity contribution >= 4 is 23.4 Å².